The smallest absolute Gasteiger partial charge is 0.191 e. The summed E-state index contributed by atoms with van der Waals surface area (Å²) in [7, 11) is 1.81. The molecule has 4 rings (SSSR count). The van der Waals surface area contributed by atoms with Crippen molar-refractivity contribution in [2.24, 2.45) is 4.99 Å². The van der Waals surface area contributed by atoms with Gasteiger partial charge in [-0.1, -0.05) is 12.1 Å². The Balaban J connectivity index is 1.21. The van der Waals surface area contributed by atoms with Crippen LogP contribution in [0, 0.1) is 0 Å². The molecule has 154 valence electrons. The number of guanidine groups is 1. The number of fused-ring (bicyclic) bond motifs is 2. The van der Waals surface area contributed by atoms with Crippen molar-refractivity contribution in [3.8, 4) is 5.75 Å². The molecule has 28 heavy (non-hydrogen) atoms. The maximum Gasteiger partial charge on any atom is 0.191 e. The van der Waals surface area contributed by atoms with Crippen LogP contribution >= 0.6 is 0 Å². The minimum absolute atomic E-state index is 0.340. The summed E-state index contributed by atoms with van der Waals surface area (Å²) in [4.78, 5) is 6.74. The molecule has 2 N–H and O–H groups in total. The molecule has 1 aromatic rings. The molecule has 3 heterocycles. The third kappa shape index (κ3) is 5.16. The normalized spacial score (nSPS) is 27.8. The second kappa shape index (κ2) is 9.58. The van der Waals surface area contributed by atoms with Crippen molar-refractivity contribution in [2.45, 2.75) is 44.1 Å². The van der Waals surface area contributed by atoms with Gasteiger partial charge in [-0.15, -0.1) is 0 Å². The molecule has 7 nitrogen and oxygen atoms in total. The summed E-state index contributed by atoms with van der Waals surface area (Å²) in [6, 6.07) is 8.64. The minimum atomic E-state index is 0.340. The molecular weight excluding hydrogens is 356 g/mol. The first-order chi connectivity index (χ1) is 13.8. The van der Waals surface area contributed by atoms with E-state index in [9.17, 15) is 0 Å². The molecule has 3 saturated heterocycles. The van der Waals surface area contributed by atoms with Gasteiger partial charge >= 0.3 is 0 Å². The lowest BCUT2D eigenvalue weighted by molar-refractivity contribution is 0.0322. The van der Waals surface area contributed by atoms with E-state index in [0.717, 1.165) is 57.4 Å². The molecule has 0 aromatic heterocycles. The van der Waals surface area contributed by atoms with E-state index >= 15 is 0 Å². The van der Waals surface area contributed by atoms with Crippen LogP contribution in [0.3, 0.4) is 0 Å². The SMILES string of the molecule is CN=C(NCc1cccc(OCCN2CCOCC2)c1)NC1CC2CCC1O2. The molecular formula is C21H32N4O3. The highest BCUT2D eigenvalue weighted by Crippen LogP contribution is 2.34. The van der Waals surface area contributed by atoms with E-state index in [1.54, 1.807) is 0 Å². The lowest BCUT2D eigenvalue weighted by atomic mass is 9.96. The summed E-state index contributed by atoms with van der Waals surface area (Å²) in [5.41, 5.74) is 1.18. The summed E-state index contributed by atoms with van der Waals surface area (Å²) in [5, 5.41) is 6.93. The Labute approximate surface area is 167 Å². The molecule has 3 atom stereocenters. The Morgan fingerprint density at radius 3 is 2.93 bits per heavy atom. The standard InChI is InChI=1S/C21H32N4O3/c1-22-21(24-19-14-18-5-6-20(19)28-18)23-15-16-3-2-4-17(13-16)27-12-9-25-7-10-26-11-8-25/h2-4,13,18-20H,5-12,14-15H2,1H3,(H2,22,23,24). The molecule has 0 saturated carbocycles. The number of ether oxygens (including phenoxy) is 3. The fraction of sp³-hybridized carbons (Fsp3) is 0.667. The van der Waals surface area contributed by atoms with E-state index in [1.165, 1.54) is 12.0 Å². The maximum atomic E-state index is 5.95. The van der Waals surface area contributed by atoms with Crippen molar-refractivity contribution in [3.63, 3.8) is 0 Å². The zero-order valence-electron chi connectivity index (χ0n) is 16.7. The van der Waals surface area contributed by atoms with Crippen LogP contribution in [0.25, 0.3) is 0 Å². The van der Waals surface area contributed by atoms with Gasteiger partial charge in [-0.05, 0) is 37.0 Å². The van der Waals surface area contributed by atoms with E-state index in [0.29, 0.717) is 31.4 Å². The number of aliphatic imine (C=N–C) groups is 1. The Morgan fingerprint density at radius 1 is 1.29 bits per heavy atom. The van der Waals surface area contributed by atoms with Crippen molar-refractivity contribution in [1.82, 2.24) is 15.5 Å². The number of rotatable bonds is 7. The van der Waals surface area contributed by atoms with E-state index in [-0.39, 0.29) is 0 Å². The van der Waals surface area contributed by atoms with Crippen LogP contribution in [0.5, 0.6) is 5.75 Å². The van der Waals surface area contributed by atoms with Gasteiger partial charge in [0.2, 0.25) is 0 Å². The van der Waals surface area contributed by atoms with E-state index in [2.05, 4.69) is 32.7 Å². The van der Waals surface area contributed by atoms with E-state index in [4.69, 9.17) is 14.2 Å². The van der Waals surface area contributed by atoms with Crippen molar-refractivity contribution >= 4 is 5.96 Å². The quantitative estimate of drug-likeness (QED) is 0.543. The highest BCUT2D eigenvalue weighted by molar-refractivity contribution is 5.80. The van der Waals surface area contributed by atoms with Gasteiger partial charge < -0.3 is 24.8 Å². The van der Waals surface area contributed by atoms with Crippen LogP contribution in [0.15, 0.2) is 29.3 Å². The monoisotopic (exact) mass is 388 g/mol. The van der Waals surface area contributed by atoms with Crippen LogP contribution in [-0.2, 0) is 16.0 Å². The lowest BCUT2D eigenvalue weighted by Gasteiger charge is -2.26. The highest BCUT2D eigenvalue weighted by Gasteiger charge is 2.41. The van der Waals surface area contributed by atoms with Crippen molar-refractivity contribution in [3.05, 3.63) is 29.8 Å². The Hall–Kier alpha value is -1.83. The number of hydrogen-bond acceptors (Lipinski definition) is 5. The number of morpholine rings is 1. The molecule has 3 aliphatic rings. The predicted octanol–water partition coefficient (Wildman–Crippen LogP) is 1.38. The second-order valence-electron chi connectivity index (χ2n) is 7.74. The molecule has 3 fully saturated rings. The summed E-state index contributed by atoms with van der Waals surface area (Å²) in [6.45, 7) is 5.98. The first-order valence-electron chi connectivity index (χ1n) is 10.4. The van der Waals surface area contributed by atoms with Crippen LogP contribution < -0.4 is 15.4 Å². The first kappa shape index (κ1) is 19.5. The van der Waals surface area contributed by atoms with Crippen LogP contribution in [-0.4, -0.2) is 75.6 Å². The van der Waals surface area contributed by atoms with Crippen molar-refractivity contribution in [2.75, 3.05) is 46.5 Å². The number of nitrogens with zero attached hydrogens (tertiary/aromatic N) is 2. The average molecular weight is 389 g/mol. The van der Waals surface area contributed by atoms with Crippen molar-refractivity contribution < 1.29 is 14.2 Å². The summed E-state index contributed by atoms with van der Waals surface area (Å²) in [6.07, 6.45) is 4.22. The topological polar surface area (TPSA) is 67.4 Å². The van der Waals surface area contributed by atoms with Gasteiger partial charge in [-0.3, -0.25) is 9.89 Å². The van der Waals surface area contributed by atoms with Gasteiger partial charge in [0.15, 0.2) is 5.96 Å². The van der Waals surface area contributed by atoms with E-state index < -0.39 is 0 Å². The van der Waals surface area contributed by atoms with Crippen molar-refractivity contribution in [1.29, 1.82) is 0 Å². The van der Waals surface area contributed by atoms with Gasteiger partial charge in [0.05, 0.1) is 31.5 Å². The summed E-state index contributed by atoms with van der Waals surface area (Å²) in [5.74, 6) is 1.75. The van der Waals surface area contributed by atoms with Gasteiger partial charge in [0.1, 0.15) is 12.4 Å². The Morgan fingerprint density at radius 2 is 2.18 bits per heavy atom. The Bertz CT molecular complexity index is 663. The Kier molecular flexibility index (Phi) is 6.67. The summed E-state index contributed by atoms with van der Waals surface area (Å²) < 4.78 is 17.2. The molecule has 3 aliphatic heterocycles. The molecule has 0 amide bonds. The predicted molar refractivity (Wildman–Crippen MR) is 109 cm³/mol. The largest absolute Gasteiger partial charge is 0.492 e. The maximum absolute atomic E-state index is 5.95. The second-order valence-corrected chi connectivity index (χ2v) is 7.74. The number of nitrogens with one attached hydrogen (secondary N) is 2. The lowest BCUT2D eigenvalue weighted by Crippen LogP contribution is -2.47. The van der Waals surface area contributed by atoms with Gasteiger partial charge in [0.25, 0.3) is 0 Å². The zero-order valence-corrected chi connectivity index (χ0v) is 16.7. The number of benzene rings is 1. The molecule has 0 radical (unpaired) electrons. The van der Waals surface area contributed by atoms with Crippen LogP contribution in [0.4, 0.5) is 0 Å². The molecule has 7 heteroatoms. The first-order valence-corrected chi connectivity index (χ1v) is 10.4. The summed E-state index contributed by atoms with van der Waals surface area (Å²) >= 11 is 0. The molecule has 3 unspecified atom stereocenters. The molecule has 1 aromatic carbocycles. The fourth-order valence-electron chi connectivity index (χ4n) is 4.21. The third-order valence-electron chi connectivity index (χ3n) is 5.79. The van der Waals surface area contributed by atoms with Gasteiger partial charge in [0, 0.05) is 33.2 Å². The number of hydrogen-bond donors (Lipinski definition) is 2. The fourth-order valence-corrected chi connectivity index (χ4v) is 4.21. The zero-order chi connectivity index (χ0) is 19.2. The highest BCUT2D eigenvalue weighted by atomic mass is 16.5. The van der Waals surface area contributed by atoms with Gasteiger partial charge in [-0.25, -0.2) is 0 Å². The minimum Gasteiger partial charge on any atom is -0.492 e. The van der Waals surface area contributed by atoms with E-state index in [1.807, 2.05) is 19.2 Å². The van der Waals surface area contributed by atoms with Crippen LogP contribution in [0.1, 0.15) is 24.8 Å². The molecule has 0 aliphatic carbocycles. The molecule has 2 bridgehead atoms. The van der Waals surface area contributed by atoms with Crippen LogP contribution in [0.2, 0.25) is 0 Å². The van der Waals surface area contributed by atoms with Gasteiger partial charge in [-0.2, -0.15) is 0 Å². The average Bonchev–Trinajstić information content (AvgIpc) is 3.35. The third-order valence-corrected chi connectivity index (χ3v) is 5.79. The molecule has 0 spiro atoms.